The summed E-state index contributed by atoms with van der Waals surface area (Å²) >= 11 is 0. The van der Waals surface area contributed by atoms with Crippen molar-refractivity contribution < 1.29 is 13.9 Å². The van der Waals surface area contributed by atoms with Crippen LogP contribution in [0.5, 0.6) is 0 Å². The fourth-order valence-electron chi connectivity index (χ4n) is 1.91. The first-order valence-corrected chi connectivity index (χ1v) is 6.65. The molecule has 0 aliphatic rings. The molecule has 0 bridgehead atoms. The van der Waals surface area contributed by atoms with Crippen molar-refractivity contribution in [3.8, 4) is 11.1 Å². The molecule has 21 heavy (non-hydrogen) atoms. The predicted octanol–water partition coefficient (Wildman–Crippen LogP) is 4.03. The van der Waals surface area contributed by atoms with Gasteiger partial charge in [-0.3, -0.25) is 0 Å². The third-order valence-electron chi connectivity index (χ3n) is 2.81. The maximum Gasteiger partial charge on any atom is 0.341 e. The Kier molecular flexibility index (Phi) is 3.98. The van der Waals surface area contributed by atoms with Crippen molar-refractivity contribution in [1.82, 2.24) is 0 Å². The van der Waals surface area contributed by atoms with Crippen LogP contribution in [-0.2, 0) is 4.74 Å². The van der Waals surface area contributed by atoms with Gasteiger partial charge in [0.05, 0.1) is 5.56 Å². The number of carbonyl (C=O) groups excluding carboxylic acids is 1. The van der Waals surface area contributed by atoms with E-state index in [-0.39, 0.29) is 5.56 Å². The molecule has 2 rings (SSSR count). The molecule has 0 saturated carbocycles. The van der Waals surface area contributed by atoms with E-state index in [2.05, 4.69) is 0 Å². The Morgan fingerprint density at radius 2 is 1.76 bits per heavy atom. The van der Waals surface area contributed by atoms with Gasteiger partial charge in [-0.05, 0) is 56.2 Å². The van der Waals surface area contributed by atoms with E-state index in [0.717, 1.165) is 5.56 Å². The predicted molar refractivity (Wildman–Crippen MR) is 81.4 cm³/mol. The molecule has 2 aromatic rings. The molecule has 0 spiro atoms. The van der Waals surface area contributed by atoms with Gasteiger partial charge in [0.1, 0.15) is 11.4 Å². The normalized spacial score (nSPS) is 11.2. The molecule has 4 heteroatoms. The highest BCUT2D eigenvalue weighted by Gasteiger charge is 2.20. The van der Waals surface area contributed by atoms with E-state index in [9.17, 15) is 9.18 Å². The number of anilines is 1. The number of ether oxygens (including phenoxy) is 1. The molecule has 0 amide bonds. The largest absolute Gasteiger partial charge is 0.456 e. The third kappa shape index (κ3) is 3.81. The van der Waals surface area contributed by atoms with E-state index in [1.807, 2.05) is 6.07 Å². The van der Waals surface area contributed by atoms with Gasteiger partial charge in [0.2, 0.25) is 0 Å². The summed E-state index contributed by atoms with van der Waals surface area (Å²) in [5.41, 5.74) is 7.04. The Bertz CT molecular complexity index is 675. The minimum Gasteiger partial charge on any atom is -0.456 e. The standard InChI is InChI=1S/C17H18FNO2/c1-17(2,3)21-16(20)14-8-7-12(10-15(14)18)11-5-4-6-13(19)9-11/h4-10H,19H2,1-3H3. The number of benzene rings is 2. The zero-order chi connectivity index (χ0) is 15.6. The van der Waals surface area contributed by atoms with Crippen LogP contribution in [0.25, 0.3) is 11.1 Å². The third-order valence-corrected chi connectivity index (χ3v) is 2.81. The molecule has 2 N–H and O–H groups in total. The molecular weight excluding hydrogens is 269 g/mol. The van der Waals surface area contributed by atoms with Gasteiger partial charge < -0.3 is 10.5 Å². The number of halogens is 1. The highest BCUT2D eigenvalue weighted by molar-refractivity contribution is 5.90. The van der Waals surface area contributed by atoms with Gasteiger partial charge in [-0.2, -0.15) is 0 Å². The molecule has 2 aromatic carbocycles. The van der Waals surface area contributed by atoms with Crippen LogP contribution < -0.4 is 5.73 Å². The van der Waals surface area contributed by atoms with E-state index >= 15 is 0 Å². The number of nitrogens with two attached hydrogens (primary N) is 1. The van der Waals surface area contributed by atoms with Gasteiger partial charge in [-0.1, -0.05) is 18.2 Å². The fourth-order valence-corrected chi connectivity index (χ4v) is 1.91. The molecule has 0 aliphatic heterocycles. The Labute approximate surface area is 123 Å². The van der Waals surface area contributed by atoms with Crippen LogP contribution in [0.4, 0.5) is 10.1 Å². The molecule has 0 radical (unpaired) electrons. The van der Waals surface area contributed by atoms with E-state index in [1.165, 1.54) is 12.1 Å². The number of hydrogen-bond donors (Lipinski definition) is 1. The Morgan fingerprint density at radius 1 is 1.10 bits per heavy atom. The van der Waals surface area contributed by atoms with Gasteiger partial charge in [0.25, 0.3) is 0 Å². The van der Waals surface area contributed by atoms with Crippen LogP contribution in [0, 0.1) is 5.82 Å². The number of esters is 1. The lowest BCUT2D eigenvalue weighted by Gasteiger charge is -2.19. The summed E-state index contributed by atoms with van der Waals surface area (Å²) in [6.45, 7) is 5.22. The van der Waals surface area contributed by atoms with Gasteiger partial charge in [0, 0.05) is 5.69 Å². The Hall–Kier alpha value is -2.36. The molecule has 0 fully saturated rings. The highest BCUT2D eigenvalue weighted by atomic mass is 19.1. The highest BCUT2D eigenvalue weighted by Crippen LogP contribution is 2.24. The van der Waals surface area contributed by atoms with Crippen molar-refractivity contribution in [3.63, 3.8) is 0 Å². The van der Waals surface area contributed by atoms with Gasteiger partial charge in [0.15, 0.2) is 0 Å². The summed E-state index contributed by atoms with van der Waals surface area (Å²) in [7, 11) is 0. The van der Waals surface area contributed by atoms with Crippen molar-refractivity contribution in [3.05, 3.63) is 53.8 Å². The summed E-state index contributed by atoms with van der Waals surface area (Å²) in [6.07, 6.45) is 0. The monoisotopic (exact) mass is 287 g/mol. The fraction of sp³-hybridized carbons (Fsp3) is 0.235. The van der Waals surface area contributed by atoms with Crippen molar-refractivity contribution in [2.75, 3.05) is 5.73 Å². The molecule has 3 nitrogen and oxygen atoms in total. The summed E-state index contributed by atoms with van der Waals surface area (Å²) in [4.78, 5) is 11.9. The average Bonchev–Trinajstić information content (AvgIpc) is 2.36. The smallest absolute Gasteiger partial charge is 0.341 e. The molecule has 110 valence electrons. The summed E-state index contributed by atoms with van der Waals surface area (Å²) in [6, 6.07) is 11.6. The zero-order valence-electron chi connectivity index (χ0n) is 12.3. The lowest BCUT2D eigenvalue weighted by Crippen LogP contribution is -2.24. The lowest BCUT2D eigenvalue weighted by molar-refractivity contribution is 0.00648. The minimum atomic E-state index is -0.667. The molecule has 0 saturated heterocycles. The topological polar surface area (TPSA) is 52.3 Å². The van der Waals surface area contributed by atoms with Crippen LogP contribution in [0.1, 0.15) is 31.1 Å². The van der Waals surface area contributed by atoms with E-state index in [4.69, 9.17) is 10.5 Å². The molecular formula is C17H18FNO2. The van der Waals surface area contributed by atoms with Crippen LogP contribution in [0.15, 0.2) is 42.5 Å². The summed E-state index contributed by atoms with van der Waals surface area (Å²) < 4.78 is 19.3. The molecule has 0 aromatic heterocycles. The summed E-state index contributed by atoms with van der Waals surface area (Å²) in [5, 5.41) is 0. The van der Waals surface area contributed by atoms with Crippen LogP contribution in [0.3, 0.4) is 0 Å². The van der Waals surface area contributed by atoms with E-state index in [0.29, 0.717) is 11.3 Å². The van der Waals surface area contributed by atoms with Crippen LogP contribution in [0.2, 0.25) is 0 Å². The number of carbonyl (C=O) groups is 1. The Balaban J connectivity index is 2.32. The van der Waals surface area contributed by atoms with Crippen molar-refractivity contribution in [1.29, 1.82) is 0 Å². The number of nitrogen functional groups attached to an aromatic ring is 1. The maximum atomic E-state index is 14.1. The van der Waals surface area contributed by atoms with Gasteiger partial charge >= 0.3 is 5.97 Å². The molecule has 0 aliphatic carbocycles. The average molecular weight is 287 g/mol. The first-order chi connectivity index (χ1) is 9.76. The molecule has 0 atom stereocenters. The Morgan fingerprint density at radius 3 is 2.33 bits per heavy atom. The van der Waals surface area contributed by atoms with E-state index < -0.39 is 17.4 Å². The summed E-state index contributed by atoms with van der Waals surface area (Å²) in [5.74, 6) is -1.27. The quantitative estimate of drug-likeness (QED) is 0.670. The second-order valence-electron chi connectivity index (χ2n) is 5.82. The second kappa shape index (κ2) is 5.56. The maximum absolute atomic E-state index is 14.1. The SMILES string of the molecule is CC(C)(C)OC(=O)c1ccc(-c2cccc(N)c2)cc1F. The number of hydrogen-bond acceptors (Lipinski definition) is 3. The van der Waals surface area contributed by atoms with Crippen molar-refractivity contribution >= 4 is 11.7 Å². The van der Waals surface area contributed by atoms with Crippen molar-refractivity contribution in [2.45, 2.75) is 26.4 Å². The van der Waals surface area contributed by atoms with Gasteiger partial charge in [-0.15, -0.1) is 0 Å². The first kappa shape index (κ1) is 15.0. The lowest BCUT2D eigenvalue weighted by atomic mass is 10.0. The van der Waals surface area contributed by atoms with Crippen LogP contribution in [-0.4, -0.2) is 11.6 Å². The molecule has 0 heterocycles. The zero-order valence-corrected chi connectivity index (χ0v) is 12.3. The van der Waals surface area contributed by atoms with Gasteiger partial charge in [-0.25, -0.2) is 9.18 Å². The first-order valence-electron chi connectivity index (χ1n) is 6.65. The van der Waals surface area contributed by atoms with E-state index in [1.54, 1.807) is 45.0 Å². The molecule has 0 unspecified atom stereocenters. The van der Waals surface area contributed by atoms with Crippen molar-refractivity contribution in [2.24, 2.45) is 0 Å². The number of rotatable bonds is 2. The second-order valence-corrected chi connectivity index (χ2v) is 5.82. The van der Waals surface area contributed by atoms with Crippen LogP contribution >= 0.6 is 0 Å². The minimum absolute atomic E-state index is 0.0717.